The van der Waals surface area contributed by atoms with Crippen molar-refractivity contribution < 1.29 is 0 Å². The highest BCUT2D eigenvalue weighted by atomic mass is 35.5. The summed E-state index contributed by atoms with van der Waals surface area (Å²) in [4.78, 5) is 4.28. The molecule has 1 aliphatic carbocycles. The van der Waals surface area contributed by atoms with Gasteiger partial charge in [-0.25, -0.2) is 0 Å². The zero-order valence-corrected chi connectivity index (χ0v) is 8.38. The quantitative estimate of drug-likeness (QED) is 0.790. The first kappa shape index (κ1) is 8.97. The van der Waals surface area contributed by atoms with Gasteiger partial charge in [-0.1, -0.05) is 11.6 Å². The fourth-order valence-corrected chi connectivity index (χ4v) is 1.79. The van der Waals surface area contributed by atoms with Crippen molar-refractivity contribution in [2.45, 2.75) is 31.7 Å². The van der Waals surface area contributed by atoms with Crippen molar-refractivity contribution >= 4 is 11.6 Å². The molecule has 1 aromatic rings. The van der Waals surface area contributed by atoms with Gasteiger partial charge >= 0.3 is 0 Å². The van der Waals surface area contributed by atoms with Crippen molar-refractivity contribution in [3.8, 4) is 0 Å². The van der Waals surface area contributed by atoms with Crippen LogP contribution in [-0.4, -0.2) is 4.98 Å². The third-order valence-corrected chi connectivity index (χ3v) is 2.67. The van der Waals surface area contributed by atoms with Crippen molar-refractivity contribution in [3.05, 3.63) is 28.5 Å². The normalized spacial score (nSPS) is 18.7. The van der Waals surface area contributed by atoms with E-state index in [-0.39, 0.29) is 6.04 Å². The number of nitrogens with zero attached hydrogens (tertiary/aromatic N) is 1. The molecule has 1 aliphatic rings. The molecule has 0 amide bonds. The largest absolute Gasteiger partial charge is 0.323 e. The highest BCUT2D eigenvalue weighted by Gasteiger charge is 2.24. The standard InChI is InChI=1S/C10H13ClN2/c1-6(12)10-9(11)4-8(5-13-10)7-2-3-7/h4-7H,2-3,12H2,1H3. The van der Waals surface area contributed by atoms with E-state index in [1.165, 1.54) is 18.4 Å². The summed E-state index contributed by atoms with van der Waals surface area (Å²) in [6.07, 6.45) is 4.45. The highest BCUT2D eigenvalue weighted by Crippen LogP contribution is 2.40. The van der Waals surface area contributed by atoms with Gasteiger partial charge in [-0.05, 0) is 37.3 Å². The second-order valence-corrected chi connectivity index (χ2v) is 4.11. The Balaban J connectivity index is 2.31. The summed E-state index contributed by atoms with van der Waals surface area (Å²) in [7, 11) is 0. The topological polar surface area (TPSA) is 38.9 Å². The molecule has 0 radical (unpaired) electrons. The van der Waals surface area contributed by atoms with E-state index in [4.69, 9.17) is 17.3 Å². The van der Waals surface area contributed by atoms with E-state index >= 15 is 0 Å². The summed E-state index contributed by atoms with van der Waals surface area (Å²) >= 11 is 6.05. The Kier molecular flexibility index (Phi) is 2.26. The maximum atomic E-state index is 6.05. The van der Waals surface area contributed by atoms with Crippen LogP contribution < -0.4 is 5.73 Å². The predicted molar refractivity (Wildman–Crippen MR) is 53.8 cm³/mol. The zero-order chi connectivity index (χ0) is 9.42. The lowest BCUT2D eigenvalue weighted by Crippen LogP contribution is -2.08. The molecule has 2 nitrogen and oxygen atoms in total. The summed E-state index contributed by atoms with van der Waals surface area (Å²) in [5.74, 6) is 0.701. The Labute approximate surface area is 83.1 Å². The minimum Gasteiger partial charge on any atom is -0.323 e. The first-order valence-electron chi connectivity index (χ1n) is 4.59. The van der Waals surface area contributed by atoms with Crippen molar-refractivity contribution in [1.82, 2.24) is 4.98 Å². The van der Waals surface area contributed by atoms with Crippen LogP contribution in [0.15, 0.2) is 12.3 Å². The van der Waals surface area contributed by atoms with Crippen LogP contribution in [0.4, 0.5) is 0 Å². The van der Waals surface area contributed by atoms with Crippen LogP contribution in [0.5, 0.6) is 0 Å². The monoisotopic (exact) mass is 196 g/mol. The van der Waals surface area contributed by atoms with Crippen LogP contribution in [0.2, 0.25) is 5.02 Å². The first-order chi connectivity index (χ1) is 6.18. The maximum Gasteiger partial charge on any atom is 0.0754 e. The molecule has 1 aromatic heterocycles. The number of hydrogen-bond acceptors (Lipinski definition) is 2. The molecule has 2 N–H and O–H groups in total. The fraction of sp³-hybridized carbons (Fsp3) is 0.500. The molecule has 2 rings (SSSR count). The van der Waals surface area contributed by atoms with Gasteiger partial charge in [0.25, 0.3) is 0 Å². The van der Waals surface area contributed by atoms with Crippen molar-refractivity contribution in [2.24, 2.45) is 5.73 Å². The molecule has 0 aromatic carbocycles. The lowest BCUT2D eigenvalue weighted by molar-refractivity contribution is 0.778. The predicted octanol–water partition coefficient (Wildman–Crippen LogP) is 2.63. The summed E-state index contributed by atoms with van der Waals surface area (Å²) in [6.45, 7) is 1.89. The Morgan fingerprint density at radius 2 is 2.31 bits per heavy atom. The van der Waals surface area contributed by atoms with Gasteiger partial charge in [-0.2, -0.15) is 0 Å². The van der Waals surface area contributed by atoms with Crippen LogP contribution in [0, 0.1) is 0 Å². The van der Waals surface area contributed by atoms with Gasteiger partial charge in [-0.3, -0.25) is 4.98 Å². The number of halogens is 1. The second kappa shape index (κ2) is 3.28. The molecular formula is C10H13ClN2. The van der Waals surface area contributed by atoms with Crippen LogP contribution in [-0.2, 0) is 0 Å². The van der Waals surface area contributed by atoms with E-state index in [1.54, 1.807) is 0 Å². The maximum absolute atomic E-state index is 6.05. The number of rotatable bonds is 2. The summed E-state index contributed by atoms with van der Waals surface area (Å²) in [6, 6.07) is 1.92. The van der Waals surface area contributed by atoms with Gasteiger partial charge in [-0.15, -0.1) is 0 Å². The van der Waals surface area contributed by atoms with Crippen LogP contribution >= 0.6 is 11.6 Å². The minimum atomic E-state index is -0.0826. The van der Waals surface area contributed by atoms with Gasteiger partial charge < -0.3 is 5.73 Å². The number of hydrogen-bond donors (Lipinski definition) is 1. The van der Waals surface area contributed by atoms with Gasteiger partial charge in [0.2, 0.25) is 0 Å². The first-order valence-corrected chi connectivity index (χ1v) is 4.97. The zero-order valence-electron chi connectivity index (χ0n) is 7.63. The lowest BCUT2D eigenvalue weighted by atomic mass is 10.1. The molecule has 1 unspecified atom stereocenters. The average molecular weight is 197 g/mol. The Morgan fingerprint density at radius 3 is 2.77 bits per heavy atom. The molecule has 0 spiro atoms. The van der Waals surface area contributed by atoms with E-state index < -0.39 is 0 Å². The van der Waals surface area contributed by atoms with Crippen LogP contribution in [0.1, 0.15) is 43.0 Å². The van der Waals surface area contributed by atoms with Gasteiger partial charge in [0.05, 0.1) is 10.7 Å². The minimum absolute atomic E-state index is 0.0826. The smallest absolute Gasteiger partial charge is 0.0754 e. The molecule has 0 aliphatic heterocycles. The Hall–Kier alpha value is -0.600. The van der Waals surface area contributed by atoms with Crippen LogP contribution in [0.3, 0.4) is 0 Å². The third kappa shape index (κ3) is 1.84. The molecule has 1 atom stereocenters. The Morgan fingerprint density at radius 1 is 1.62 bits per heavy atom. The van der Waals surface area contributed by atoms with E-state index in [9.17, 15) is 0 Å². The number of aromatic nitrogens is 1. The summed E-state index contributed by atoms with van der Waals surface area (Å²) < 4.78 is 0. The second-order valence-electron chi connectivity index (χ2n) is 3.70. The van der Waals surface area contributed by atoms with Gasteiger partial charge in [0, 0.05) is 12.2 Å². The summed E-state index contributed by atoms with van der Waals surface area (Å²) in [5, 5.41) is 0.708. The van der Waals surface area contributed by atoms with Crippen molar-refractivity contribution in [1.29, 1.82) is 0 Å². The number of nitrogens with two attached hydrogens (primary N) is 1. The molecule has 3 heteroatoms. The molecule has 1 heterocycles. The molecular weight excluding hydrogens is 184 g/mol. The van der Waals surface area contributed by atoms with E-state index in [0.29, 0.717) is 10.9 Å². The Bertz CT molecular complexity index is 319. The van der Waals surface area contributed by atoms with Crippen molar-refractivity contribution in [2.75, 3.05) is 0 Å². The van der Waals surface area contributed by atoms with Gasteiger partial charge in [0.1, 0.15) is 0 Å². The molecule has 1 saturated carbocycles. The van der Waals surface area contributed by atoms with Gasteiger partial charge in [0.15, 0.2) is 0 Å². The molecule has 1 fully saturated rings. The molecule has 0 bridgehead atoms. The third-order valence-electron chi connectivity index (χ3n) is 2.37. The highest BCUT2D eigenvalue weighted by molar-refractivity contribution is 6.31. The number of pyridine rings is 1. The van der Waals surface area contributed by atoms with Crippen LogP contribution in [0.25, 0.3) is 0 Å². The molecule has 70 valence electrons. The fourth-order valence-electron chi connectivity index (χ4n) is 1.44. The SMILES string of the molecule is CC(N)c1ncc(C2CC2)cc1Cl. The summed E-state index contributed by atoms with van der Waals surface area (Å²) in [5.41, 5.74) is 7.77. The molecule has 0 saturated heterocycles. The van der Waals surface area contributed by atoms with E-state index in [0.717, 1.165) is 5.69 Å². The lowest BCUT2D eigenvalue weighted by Gasteiger charge is -2.08. The van der Waals surface area contributed by atoms with Crippen molar-refractivity contribution in [3.63, 3.8) is 0 Å². The van der Waals surface area contributed by atoms with E-state index in [2.05, 4.69) is 4.98 Å². The average Bonchev–Trinajstić information content (AvgIpc) is 2.85. The molecule has 13 heavy (non-hydrogen) atoms. The van der Waals surface area contributed by atoms with E-state index in [1.807, 2.05) is 19.2 Å².